The second-order valence-electron chi connectivity index (χ2n) is 3.19. The van der Waals surface area contributed by atoms with Gasteiger partial charge in [0.05, 0.1) is 4.92 Å². The third kappa shape index (κ3) is 2.15. The van der Waals surface area contributed by atoms with Crippen molar-refractivity contribution in [2.45, 2.75) is 0 Å². The highest BCUT2D eigenvalue weighted by Gasteiger charge is 2.15. The fourth-order valence-corrected chi connectivity index (χ4v) is 1.22. The van der Waals surface area contributed by atoms with Crippen LogP contribution in [0.4, 0.5) is 5.69 Å². The molecular formula is C9H7N5O4. The van der Waals surface area contributed by atoms with Crippen molar-refractivity contribution in [3.8, 4) is 11.5 Å². The van der Waals surface area contributed by atoms with Crippen LogP contribution in [0.3, 0.4) is 0 Å². The van der Waals surface area contributed by atoms with Crippen LogP contribution in [0.5, 0.6) is 0 Å². The van der Waals surface area contributed by atoms with Crippen molar-refractivity contribution in [1.29, 1.82) is 0 Å². The van der Waals surface area contributed by atoms with Gasteiger partial charge in [0, 0.05) is 17.7 Å². The number of benzene rings is 1. The summed E-state index contributed by atoms with van der Waals surface area (Å²) >= 11 is 0. The number of non-ortho nitro benzene ring substituents is 1. The number of amides is 1. The molecular weight excluding hydrogens is 242 g/mol. The molecule has 0 saturated carbocycles. The Morgan fingerprint density at radius 3 is 2.56 bits per heavy atom. The number of carbonyl (C=O) groups excluding carboxylic acids is 1. The molecule has 9 nitrogen and oxygen atoms in total. The normalized spacial score (nSPS) is 10.1. The molecule has 92 valence electrons. The maximum absolute atomic E-state index is 11.1. The Balaban J connectivity index is 2.29. The first kappa shape index (κ1) is 11.7. The molecule has 0 atom stereocenters. The lowest BCUT2D eigenvalue weighted by Gasteiger charge is -1.94. The number of hydrogen-bond acceptors (Lipinski definition) is 7. The highest BCUT2D eigenvalue weighted by atomic mass is 16.6. The van der Waals surface area contributed by atoms with Crippen LogP contribution < -0.4 is 11.3 Å². The molecule has 0 bridgehead atoms. The molecule has 1 aromatic heterocycles. The second-order valence-corrected chi connectivity index (χ2v) is 3.19. The Labute approximate surface area is 99.7 Å². The number of nitro groups is 1. The van der Waals surface area contributed by atoms with Crippen LogP contribution in [-0.2, 0) is 0 Å². The number of nitrogen functional groups attached to an aromatic ring is 1. The Hall–Kier alpha value is -2.81. The molecule has 2 aromatic rings. The van der Waals surface area contributed by atoms with E-state index < -0.39 is 10.8 Å². The number of carbonyl (C=O) groups is 1. The predicted octanol–water partition coefficient (Wildman–Crippen LogP) is 0.248. The number of hydrogen-bond donors (Lipinski definition) is 2. The standard InChI is InChI=1S/C9H7N5O4/c10-11-7(15)9-13-12-8(18-9)5-1-3-6(4-2-5)14(16)17/h1-4H,10H2,(H,11,15). The van der Waals surface area contributed by atoms with Crippen LogP contribution >= 0.6 is 0 Å². The number of nitro benzene ring substituents is 1. The molecule has 1 aromatic carbocycles. The molecule has 0 aliphatic heterocycles. The summed E-state index contributed by atoms with van der Waals surface area (Å²) in [5.41, 5.74) is 2.25. The van der Waals surface area contributed by atoms with Crippen molar-refractivity contribution in [3.05, 3.63) is 40.3 Å². The average molecular weight is 249 g/mol. The van der Waals surface area contributed by atoms with Crippen molar-refractivity contribution in [2.24, 2.45) is 5.84 Å². The van der Waals surface area contributed by atoms with E-state index in [1.165, 1.54) is 24.3 Å². The van der Waals surface area contributed by atoms with Gasteiger partial charge in [-0.3, -0.25) is 20.3 Å². The zero-order valence-electron chi connectivity index (χ0n) is 8.86. The SMILES string of the molecule is NNC(=O)c1nnc(-c2ccc([N+](=O)[O-])cc2)o1. The minimum atomic E-state index is -0.712. The Morgan fingerprint density at radius 2 is 2.00 bits per heavy atom. The van der Waals surface area contributed by atoms with Gasteiger partial charge in [-0.2, -0.15) is 0 Å². The van der Waals surface area contributed by atoms with E-state index in [2.05, 4.69) is 10.2 Å². The summed E-state index contributed by atoms with van der Waals surface area (Å²) < 4.78 is 5.04. The lowest BCUT2D eigenvalue weighted by atomic mass is 10.2. The molecule has 0 aliphatic rings. The summed E-state index contributed by atoms with van der Waals surface area (Å²) in [6.07, 6.45) is 0. The van der Waals surface area contributed by atoms with Gasteiger partial charge in [0.1, 0.15) is 0 Å². The van der Waals surface area contributed by atoms with E-state index in [1.807, 2.05) is 5.43 Å². The molecule has 1 amide bonds. The summed E-state index contributed by atoms with van der Waals surface area (Å²) in [4.78, 5) is 21.0. The van der Waals surface area contributed by atoms with Gasteiger partial charge in [-0.05, 0) is 12.1 Å². The maximum atomic E-state index is 11.1. The van der Waals surface area contributed by atoms with Gasteiger partial charge in [-0.25, -0.2) is 5.84 Å². The first-order valence-electron chi connectivity index (χ1n) is 4.71. The first-order valence-corrected chi connectivity index (χ1v) is 4.71. The molecule has 0 fully saturated rings. The summed E-state index contributed by atoms with van der Waals surface area (Å²) in [6.45, 7) is 0. The predicted molar refractivity (Wildman–Crippen MR) is 58.0 cm³/mol. The van der Waals surface area contributed by atoms with Gasteiger partial charge in [-0.1, -0.05) is 0 Å². The molecule has 18 heavy (non-hydrogen) atoms. The summed E-state index contributed by atoms with van der Waals surface area (Å²) in [5.74, 6) is 3.98. The number of rotatable bonds is 3. The molecule has 3 N–H and O–H groups in total. The lowest BCUT2D eigenvalue weighted by molar-refractivity contribution is -0.384. The van der Waals surface area contributed by atoms with Crippen LogP contribution in [0.15, 0.2) is 28.7 Å². The highest BCUT2D eigenvalue weighted by molar-refractivity contribution is 5.89. The zero-order chi connectivity index (χ0) is 13.1. The van der Waals surface area contributed by atoms with Crippen LogP contribution in [0.25, 0.3) is 11.5 Å². The Morgan fingerprint density at radius 1 is 1.33 bits per heavy atom. The third-order valence-electron chi connectivity index (χ3n) is 2.08. The van der Waals surface area contributed by atoms with Crippen molar-refractivity contribution in [3.63, 3.8) is 0 Å². The number of hydrazine groups is 1. The summed E-state index contributed by atoms with van der Waals surface area (Å²) in [6, 6.07) is 5.47. The van der Waals surface area contributed by atoms with Crippen molar-refractivity contribution in [2.75, 3.05) is 0 Å². The molecule has 0 radical (unpaired) electrons. The average Bonchev–Trinajstić information content (AvgIpc) is 2.87. The van der Waals surface area contributed by atoms with Gasteiger partial charge in [-0.15, -0.1) is 10.2 Å². The zero-order valence-corrected chi connectivity index (χ0v) is 8.86. The van der Waals surface area contributed by atoms with E-state index in [0.717, 1.165) is 0 Å². The molecule has 1 heterocycles. The number of aromatic nitrogens is 2. The number of nitrogens with two attached hydrogens (primary N) is 1. The van der Waals surface area contributed by atoms with E-state index in [9.17, 15) is 14.9 Å². The van der Waals surface area contributed by atoms with E-state index in [1.54, 1.807) is 0 Å². The van der Waals surface area contributed by atoms with Crippen LogP contribution in [-0.4, -0.2) is 21.0 Å². The van der Waals surface area contributed by atoms with E-state index >= 15 is 0 Å². The van der Waals surface area contributed by atoms with E-state index in [0.29, 0.717) is 5.56 Å². The number of nitrogens with zero attached hydrogens (tertiary/aromatic N) is 3. The fraction of sp³-hybridized carbons (Fsp3) is 0. The highest BCUT2D eigenvalue weighted by Crippen LogP contribution is 2.20. The largest absolute Gasteiger partial charge is 0.412 e. The molecule has 0 unspecified atom stereocenters. The smallest absolute Gasteiger partial charge is 0.322 e. The van der Waals surface area contributed by atoms with E-state index in [4.69, 9.17) is 10.3 Å². The number of nitrogens with one attached hydrogen (secondary N) is 1. The van der Waals surface area contributed by atoms with Gasteiger partial charge in [0.15, 0.2) is 0 Å². The van der Waals surface area contributed by atoms with Gasteiger partial charge in [0.2, 0.25) is 5.89 Å². The minimum Gasteiger partial charge on any atom is -0.412 e. The molecule has 0 aliphatic carbocycles. The van der Waals surface area contributed by atoms with E-state index in [-0.39, 0.29) is 17.5 Å². The fourth-order valence-electron chi connectivity index (χ4n) is 1.22. The Kier molecular flexibility index (Phi) is 2.98. The van der Waals surface area contributed by atoms with Gasteiger partial charge in [0.25, 0.3) is 5.69 Å². The van der Waals surface area contributed by atoms with Crippen molar-refractivity contribution in [1.82, 2.24) is 15.6 Å². The molecule has 2 rings (SSSR count). The Bertz CT molecular complexity index is 591. The van der Waals surface area contributed by atoms with Crippen LogP contribution in [0, 0.1) is 10.1 Å². The quantitative estimate of drug-likeness (QED) is 0.344. The maximum Gasteiger partial charge on any atom is 0.322 e. The van der Waals surface area contributed by atoms with Crippen molar-refractivity contribution < 1.29 is 14.1 Å². The summed E-state index contributed by atoms with van der Waals surface area (Å²) in [5, 5.41) is 17.6. The van der Waals surface area contributed by atoms with Gasteiger partial charge < -0.3 is 4.42 Å². The molecule has 0 spiro atoms. The lowest BCUT2D eigenvalue weighted by Crippen LogP contribution is -2.30. The van der Waals surface area contributed by atoms with Gasteiger partial charge >= 0.3 is 11.8 Å². The second kappa shape index (κ2) is 4.59. The third-order valence-corrected chi connectivity index (χ3v) is 2.08. The van der Waals surface area contributed by atoms with Crippen molar-refractivity contribution >= 4 is 11.6 Å². The summed E-state index contributed by atoms with van der Waals surface area (Å²) in [7, 11) is 0. The molecule has 0 saturated heterocycles. The topological polar surface area (TPSA) is 137 Å². The minimum absolute atomic E-state index is 0.0572. The van der Waals surface area contributed by atoms with Crippen LogP contribution in [0.2, 0.25) is 0 Å². The monoisotopic (exact) mass is 249 g/mol. The molecule has 9 heteroatoms. The first-order chi connectivity index (χ1) is 8.61. The van der Waals surface area contributed by atoms with Crippen LogP contribution in [0.1, 0.15) is 10.7 Å².